The first-order valence-electron chi connectivity index (χ1n) is 5.02. The summed E-state index contributed by atoms with van der Waals surface area (Å²) in [7, 11) is 1.89. The second-order valence-electron chi connectivity index (χ2n) is 3.58. The Morgan fingerprint density at radius 1 is 1.47 bits per heavy atom. The van der Waals surface area contributed by atoms with Gasteiger partial charge in [0.05, 0.1) is 23.6 Å². The molecule has 0 amide bonds. The monoisotopic (exact) mass is 203 g/mol. The smallest absolute Gasteiger partial charge is 0.166 e. The fraction of sp³-hybridized carbons (Fsp3) is 0.364. The third kappa shape index (κ3) is 1.63. The summed E-state index contributed by atoms with van der Waals surface area (Å²) in [5, 5.41) is 0. The number of rotatable bonds is 3. The van der Waals surface area contributed by atoms with Crippen LogP contribution in [0.25, 0.3) is 11.0 Å². The molecule has 0 bridgehead atoms. The van der Waals surface area contributed by atoms with Crippen molar-refractivity contribution >= 4 is 16.8 Å². The van der Waals surface area contributed by atoms with Crippen LogP contribution in [0.1, 0.15) is 30.1 Å². The van der Waals surface area contributed by atoms with Crippen molar-refractivity contribution in [3.05, 3.63) is 24.3 Å². The predicted octanol–water partition coefficient (Wildman–Crippen LogP) is 1.95. The van der Waals surface area contributed by atoms with Crippen molar-refractivity contribution in [1.82, 2.24) is 14.5 Å². The number of Topliss-reactive ketones (excluding diaryl/α,β-unsaturated/α-hetero) is 1. The molecule has 0 saturated carbocycles. The third-order valence-corrected chi connectivity index (χ3v) is 2.40. The summed E-state index contributed by atoms with van der Waals surface area (Å²) in [6, 6.07) is 0. The molecule has 0 radical (unpaired) electrons. The number of hydrogen-bond acceptors (Lipinski definition) is 3. The van der Waals surface area contributed by atoms with Gasteiger partial charge in [-0.2, -0.15) is 0 Å². The molecule has 2 aromatic rings. The Balaban J connectivity index is 2.59. The van der Waals surface area contributed by atoms with E-state index in [0.717, 1.165) is 17.5 Å². The zero-order chi connectivity index (χ0) is 10.8. The van der Waals surface area contributed by atoms with E-state index in [-0.39, 0.29) is 5.78 Å². The Morgan fingerprint density at radius 3 is 3.00 bits per heavy atom. The number of carbonyl (C=O) groups is 1. The normalized spacial score (nSPS) is 10.8. The van der Waals surface area contributed by atoms with Crippen LogP contribution >= 0.6 is 0 Å². The minimum absolute atomic E-state index is 0.138. The van der Waals surface area contributed by atoms with Crippen molar-refractivity contribution in [3.8, 4) is 0 Å². The van der Waals surface area contributed by atoms with Gasteiger partial charge in [-0.15, -0.1) is 0 Å². The highest BCUT2D eigenvalue weighted by molar-refractivity contribution is 6.05. The van der Waals surface area contributed by atoms with Crippen LogP contribution in [-0.4, -0.2) is 20.3 Å². The zero-order valence-electron chi connectivity index (χ0n) is 8.90. The van der Waals surface area contributed by atoms with E-state index < -0.39 is 0 Å². The molecule has 4 nitrogen and oxygen atoms in total. The van der Waals surface area contributed by atoms with Gasteiger partial charge in [-0.1, -0.05) is 6.92 Å². The van der Waals surface area contributed by atoms with Gasteiger partial charge in [-0.3, -0.25) is 9.78 Å². The van der Waals surface area contributed by atoms with Crippen molar-refractivity contribution in [2.75, 3.05) is 0 Å². The van der Waals surface area contributed by atoms with Gasteiger partial charge in [-0.25, -0.2) is 4.98 Å². The molecular formula is C11H13N3O. The van der Waals surface area contributed by atoms with Crippen molar-refractivity contribution in [2.24, 2.45) is 7.05 Å². The van der Waals surface area contributed by atoms with Crippen LogP contribution < -0.4 is 0 Å². The van der Waals surface area contributed by atoms with E-state index in [1.807, 2.05) is 18.5 Å². The summed E-state index contributed by atoms with van der Waals surface area (Å²) in [6.45, 7) is 1.99. The Bertz CT molecular complexity index is 502. The van der Waals surface area contributed by atoms with Crippen molar-refractivity contribution in [2.45, 2.75) is 19.8 Å². The summed E-state index contributed by atoms with van der Waals surface area (Å²) in [5.74, 6) is 0.138. The second kappa shape index (κ2) is 3.81. The average molecular weight is 203 g/mol. The number of hydrogen-bond donors (Lipinski definition) is 0. The van der Waals surface area contributed by atoms with Gasteiger partial charge < -0.3 is 4.57 Å². The lowest BCUT2D eigenvalue weighted by Gasteiger charge is -2.02. The van der Waals surface area contributed by atoms with Gasteiger partial charge in [-0.05, 0) is 6.42 Å². The first-order valence-corrected chi connectivity index (χ1v) is 5.02. The molecule has 2 rings (SSSR count). The number of aryl methyl sites for hydroxylation is 1. The van der Waals surface area contributed by atoms with Crippen LogP contribution in [0.3, 0.4) is 0 Å². The van der Waals surface area contributed by atoms with Crippen LogP contribution in [-0.2, 0) is 7.05 Å². The first-order chi connectivity index (χ1) is 7.24. The van der Waals surface area contributed by atoms with E-state index in [4.69, 9.17) is 0 Å². The van der Waals surface area contributed by atoms with Gasteiger partial charge in [0.1, 0.15) is 5.52 Å². The predicted molar refractivity (Wildman–Crippen MR) is 57.7 cm³/mol. The molecule has 15 heavy (non-hydrogen) atoms. The van der Waals surface area contributed by atoms with E-state index in [0.29, 0.717) is 12.0 Å². The summed E-state index contributed by atoms with van der Waals surface area (Å²) in [4.78, 5) is 20.0. The van der Waals surface area contributed by atoms with E-state index in [1.54, 1.807) is 18.7 Å². The molecule has 2 heterocycles. The van der Waals surface area contributed by atoms with Crippen molar-refractivity contribution < 1.29 is 4.79 Å². The van der Waals surface area contributed by atoms with E-state index in [2.05, 4.69) is 9.97 Å². The van der Waals surface area contributed by atoms with Crippen LogP contribution in [0.5, 0.6) is 0 Å². The Kier molecular flexibility index (Phi) is 2.49. The zero-order valence-corrected chi connectivity index (χ0v) is 8.90. The molecule has 0 aliphatic rings. The minimum atomic E-state index is 0.138. The molecule has 0 aromatic carbocycles. The lowest BCUT2D eigenvalue weighted by atomic mass is 10.1. The van der Waals surface area contributed by atoms with E-state index in [1.165, 1.54) is 0 Å². The average Bonchev–Trinajstić information content (AvgIpc) is 2.61. The second-order valence-corrected chi connectivity index (χ2v) is 3.58. The van der Waals surface area contributed by atoms with E-state index >= 15 is 0 Å². The maximum Gasteiger partial charge on any atom is 0.166 e. The van der Waals surface area contributed by atoms with Crippen molar-refractivity contribution in [3.63, 3.8) is 0 Å². The molecular weight excluding hydrogens is 190 g/mol. The maximum absolute atomic E-state index is 11.8. The molecule has 0 atom stereocenters. The molecule has 78 valence electrons. The quantitative estimate of drug-likeness (QED) is 0.716. The number of fused-ring (bicyclic) bond motifs is 1. The molecule has 0 N–H and O–H groups in total. The van der Waals surface area contributed by atoms with Gasteiger partial charge in [0.15, 0.2) is 5.78 Å². The summed E-state index contributed by atoms with van der Waals surface area (Å²) < 4.78 is 1.86. The number of pyridine rings is 1. The molecule has 0 saturated heterocycles. The van der Waals surface area contributed by atoms with Crippen LogP contribution in [0.2, 0.25) is 0 Å². The van der Waals surface area contributed by atoms with Crippen LogP contribution in [0.15, 0.2) is 18.7 Å². The molecule has 0 aliphatic heterocycles. The number of aromatic nitrogens is 3. The highest BCUT2D eigenvalue weighted by atomic mass is 16.1. The SMILES string of the molecule is CCCC(=O)c1cncc2ncn(C)c12. The highest BCUT2D eigenvalue weighted by Crippen LogP contribution is 2.17. The molecule has 0 fully saturated rings. The standard InChI is InChI=1S/C11H13N3O/c1-3-4-10(15)8-5-12-6-9-11(8)14(2)7-13-9/h5-7H,3-4H2,1-2H3. The summed E-state index contributed by atoms with van der Waals surface area (Å²) >= 11 is 0. The molecule has 0 spiro atoms. The van der Waals surface area contributed by atoms with Gasteiger partial charge >= 0.3 is 0 Å². The fourth-order valence-electron chi connectivity index (χ4n) is 1.68. The van der Waals surface area contributed by atoms with Gasteiger partial charge in [0.2, 0.25) is 0 Å². The Labute approximate surface area is 88.0 Å². The van der Waals surface area contributed by atoms with Gasteiger partial charge in [0, 0.05) is 19.7 Å². The number of carbonyl (C=O) groups excluding carboxylic acids is 1. The molecule has 0 aliphatic carbocycles. The molecule has 2 aromatic heterocycles. The third-order valence-electron chi connectivity index (χ3n) is 2.40. The number of imidazole rings is 1. The fourth-order valence-corrected chi connectivity index (χ4v) is 1.68. The topological polar surface area (TPSA) is 47.8 Å². The minimum Gasteiger partial charge on any atom is -0.333 e. The first kappa shape index (κ1) is 9.83. The number of nitrogens with zero attached hydrogens (tertiary/aromatic N) is 3. The lowest BCUT2D eigenvalue weighted by molar-refractivity contribution is 0.0982. The van der Waals surface area contributed by atoms with Crippen LogP contribution in [0, 0.1) is 0 Å². The Hall–Kier alpha value is -1.71. The maximum atomic E-state index is 11.8. The van der Waals surface area contributed by atoms with E-state index in [9.17, 15) is 4.79 Å². The van der Waals surface area contributed by atoms with Crippen molar-refractivity contribution in [1.29, 1.82) is 0 Å². The summed E-state index contributed by atoms with van der Waals surface area (Å²) in [5.41, 5.74) is 2.33. The highest BCUT2D eigenvalue weighted by Gasteiger charge is 2.12. The molecule has 4 heteroatoms. The van der Waals surface area contributed by atoms with Crippen LogP contribution in [0.4, 0.5) is 0 Å². The lowest BCUT2D eigenvalue weighted by Crippen LogP contribution is -2.02. The number of ketones is 1. The van der Waals surface area contributed by atoms with Gasteiger partial charge in [0.25, 0.3) is 0 Å². The summed E-state index contributed by atoms with van der Waals surface area (Å²) in [6.07, 6.45) is 6.42. The Morgan fingerprint density at radius 2 is 2.27 bits per heavy atom. The molecule has 0 unspecified atom stereocenters. The largest absolute Gasteiger partial charge is 0.333 e.